The molecule has 0 unspecified atom stereocenters. The minimum absolute atomic E-state index is 0.437. The maximum atomic E-state index is 4.74. The SMILES string of the molecule is C=C(Nc1cnn(C2CCNCC2)c1)c1cnc(C)c(/C(=C\C)c2ccn3ncc(-c4cccnc4)c3c2)c1. The minimum Gasteiger partial charge on any atom is -0.353 e. The Bertz CT molecular complexity index is 1650. The highest BCUT2D eigenvalue weighted by molar-refractivity contribution is 5.87. The molecule has 0 aromatic carbocycles. The van der Waals surface area contributed by atoms with E-state index >= 15 is 0 Å². The van der Waals surface area contributed by atoms with Gasteiger partial charge in [-0.15, -0.1) is 0 Å². The molecule has 5 aromatic rings. The first kappa shape index (κ1) is 24.8. The van der Waals surface area contributed by atoms with Gasteiger partial charge in [-0.25, -0.2) is 4.52 Å². The Balaban J connectivity index is 1.28. The number of fused-ring (bicyclic) bond motifs is 1. The van der Waals surface area contributed by atoms with Crippen molar-refractivity contribution in [2.24, 2.45) is 0 Å². The summed E-state index contributed by atoms with van der Waals surface area (Å²) in [4.78, 5) is 9.02. The third-order valence-electron chi connectivity index (χ3n) is 7.40. The van der Waals surface area contributed by atoms with E-state index in [-0.39, 0.29) is 0 Å². The summed E-state index contributed by atoms with van der Waals surface area (Å²) in [6.45, 7) is 10.5. The number of hydrogen-bond acceptors (Lipinski definition) is 6. The van der Waals surface area contributed by atoms with Crippen LogP contribution in [0.3, 0.4) is 0 Å². The van der Waals surface area contributed by atoms with Crippen LogP contribution in [0.2, 0.25) is 0 Å². The molecule has 6 heterocycles. The lowest BCUT2D eigenvalue weighted by Gasteiger charge is -2.22. The van der Waals surface area contributed by atoms with E-state index in [1.54, 1.807) is 6.20 Å². The van der Waals surface area contributed by atoms with Gasteiger partial charge in [-0.2, -0.15) is 10.2 Å². The summed E-state index contributed by atoms with van der Waals surface area (Å²) in [6, 6.07) is 10.9. The Hall–Kier alpha value is -4.56. The monoisotopic (exact) mass is 516 g/mol. The lowest BCUT2D eigenvalue weighted by atomic mass is 9.95. The van der Waals surface area contributed by atoms with Crippen molar-refractivity contribution in [2.75, 3.05) is 18.4 Å². The predicted molar refractivity (Wildman–Crippen MR) is 156 cm³/mol. The molecule has 0 saturated carbocycles. The van der Waals surface area contributed by atoms with Crippen molar-refractivity contribution in [1.82, 2.24) is 34.7 Å². The van der Waals surface area contributed by atoms with Crippen LogP contribution < -0.4 is 10.6 Å². The van der Waals surface area contributed by atoms with Crippen molar-refractivity contribution in [3.05, 3.63) is 109 Å². The maximum absolute atomic E-state index is 4.74. The molecule has 8 heteroatoms. The molecule has 1 aliphatic heterocycles. The van der Waals surface area contributed by atoms with Crippen LogP contribution in [0.1, 0.15) is 48.2 Å². The van der Waals surface area contributed by atoms with Crippen LogP contribution in [0.5, 0.6) is 0 Å². The number of aromatic nitrogens is 6. The molecular formula is C31H32N8. The number of aryl methyl sites for hydroxylation is 1. The van der Waals surface area contributed by atoms with E-state index in [0.29, 0.717) is 6.04 Å². The van der Waals surface area contributed by atoms with Crippen LogP contribution in [0, 0.1) is 6.92 Å². The van der Waals surface area contributed by atoms with Gasteiger partial charge in [0.05, 0.1) is 29.6 Å². The van der Waals surface area contributed by atoms with Gasteiger partial charge in [-0.3, -0.25) is 14.6 Å². The van der Waals surface area contributed by atoms with E-state index in [1.807, 2.05) is 48.5 Å². The van der Waals surface area contributed by atoms with Gasteiger partial charge in [0.15, 0.2) is 0 Å². The summed E-state index contributed by atoms with van der Waals surface area (Å²) in [5, 5.41) is 16.0. The van der Waals surface area contributed by atoms with Gasteiger partial charge in [-0.05, 0) is 75.2 Å². The minimum atomic E-state index is 0.437. The highest BCUT2D eigenvalue weighted by atomic mass is 15.3. The fourth-order valence-corrected chi connectivity index (χ4v) is 5.26. The summed E-state index contributed by atoms with van der Waals surface area (Å²) in [6.07, 6.45) is 17.7. The van der Waals surface area contributed by atoms with Gasteiger partial charge >= 0.3 is 0 Å². The Morgan fingerprint density at radius 2 is 1.95 bits per heavy atom. The van der Waals surface area contributed by atoms with E-state index in [9.17, 15) is 0 Å². The lowest BCUT2D eigenvalue weighted by Crippen LogP contribution is -2.29. The largest absolute Gasteiger partial charge is 0.353 e. The summed E-state index contributed by atoms with van der Waals surface area (Å²) < 4.78 is 3.97. The molecule has 0 radical (unpaired) electrons. The first-order valence-corrected chi connectivity index (χ1v) is 13.3. The fourth-order valence-electron chi connectivity index (χ4n) is 5.26. The molecule has 0 amide bonds. The number of rotatable bonds is 7. The third kappa shape index (κ3) is 4.98. The van der Waals surface area contributed by atoms with Crippen molar-refractivity contribution >= 4 is 22.5 Å². The highest BCUT2D eigenvalue weighted by Gasteiger charge is 2.17. The maximum Gasteiger partial charge on any atom is 0.0770 e. The number of nitrogens with one attached hydrogen (secondary N) is 2. The van der Waals surface area contributed by atoms with E-state index in [0.717, 1.165) is 81.9 Å². The molecule has 1 aliphatic rings. The Morgan fingerprint density at radius 3 is 2.74 bits per heavy atom. The molecule has 0 atom stereocenters. The molecule has 196 valence electrons. The quantitative estimate of drug-likeness (QED) is 0.286. The van der Waals surface area contributed by atoms with Crippen molar-refractivity contribution in [3.63, 3.8) is 0 Å². The average Bonchev–Trinajstić information content (AvgIpc) is 3.62. The van der Waals surface area contributed by atoms with Gasteiger partial charge in [0, 0.05) is 64.6 Å². The topological polar surface area (TPSA) is 85.0 Å². The molecule has 0 spiro atoms. The number of pyridine rings is 3. The summed E-state index contributed by atoms with van der Waals surface area (Å²) in [5.74, 6) is 0. The summed E-state index contributed by atoms with van der Waals surface area (Å²) in [7, 11) is 0. The molecule has 1 fully saturated rings. The zero-order valence-electron chi connectivity index (χ0n) is 22.3. The zero-order chi connectivity index (χ0) is 26.8. The van der Waals surface area contributed by atoms with Gasteiger partial charge in [0.25, 0.3) is 0 Å². The molecule has 0 bridgehead atoms. The van der Waals surface area contributed by atoms with Gasteiger partial charge in [0.2, 0.25) is 0 Å². The second-order valence-corrected chi connectivity index (χ2v) is 9.90. The second kappa shape index (κ2) is 10.7. The summed E-state index contributed by atoms with van der Waals surface area (Å²) >= 11 is 0. The van der Waals surface area contributed by atoms with Crippen molar-refractivity contribution in [1.29, 1.82) is 0 Å². The number of anilines is 1. The highest BCUT2D eigenvalue weighted by Crippen LogP contribution is 2.31. The lowest BCUT2D eigenvalue weighted by molar-refractivity contribution is 0.343. The van der Waals surface area contributed by atoms with Gasteiger partial charge in [-0.1, -0.05) is 18.7 Å². The van der Waals surface area contributed by atoms with Crippen molar-refractivity contribution < 1.29 is 0 Å². The Labute approximate surface area is 228 Å². The second-order valence-electron chi connectivity index (χ2n) is 9.90. The molecular weight excluding hydrogens is 484 g/mol. The smallest absolute Gasteiger partial charge is 0.0770 e. The fraction of sp³-hybridized carbons (Fsp3) is 0.226. The van der Waals surface area contributed by atoms with Gasteiger partial charge in [0.1, 0.15) is 0 Å². The average molecular weight is 517 g/mol. The number of allylic oxidation sites excluding steroid dienone is 1. The van der Waals surface area contributed by atoms with E-state index < -0.39 is 0 Å². The van der Waals surface area contributed by atoms with Crippen molar-refractivity contribution in [3.8, 4) is 11.1 Å². The molecule has 39 heavy (non-hydrogen) atoms. The molecule has 1 saturated heterocycles. The Morgan fingerprint density at radius 1 is 1.08 bits per heavy atom. The molecule has 2 N–H and O–H groups in total. The first-order chi connectivity index (χ1) is 19.1. The number of nitrogens with zero attached hydrogens (tertiary/aromatic N) is 6. The Kier molecular flexibility index (Phi) is 6.77. The van der Waals surface area contributed by atoms with Crippen LogP contribution in [0.25, 0.3) is 27.9 Å². The van der Waals surface area contributed by atoms with E-state index in [4.69, 9.17) is 4.98 Å². The molecule has 0 aliphatic carbocycles. The predicted octanol–water partition coefficient (Wildman–Crippen LogP) is 5.76. The molecule has 8 nitrogen and oxygen atoms in total. The normalized spacial score (nSPS) is 14.6. The first-order valence-electron chi connectivity index (χ1n) is 13.3. The molecule has 5 aromatic heterocycles. The van der Waals surface area contributed by atoms with Crippen LogP contribution in [0.15, 0.2) is 86.4 Å². The zero-order valence-corrected chi connectivity index (χ0v) is 22.3. The van der Waals surface area contributed by atoms with E-state index in [2.05, 4.69) is 80.5 Å². The van der Waals surface area contributed by atoms with Crippen LogP contribution in [0.4, 0.5) is 5.69 Å². The molecule has 6 rings (SSSR count). The van der Waals surface area contributed by atoms with Crippen LogP contribution in [-0.4, -0.2) is 42.5 Å². The van der Waals surface area contributed by atoms with E-state index in [1.165, 1.54) is 0 Å². The van der Waals surface area contributed by atoms with Gasteiger partial charge < -0.3 is 10.6 Å². The number of piperidine rings is 1. The third-order valence-corrected chi connectivity index (χ3v) is 7.40. The van der Waals surface area contributed by atoms with Crippen LogP contribution >= 0.6 is 0 Å². The standard InChI is InChI=1S/C31H32N8/c1-4-28(23-9-13-38-31(15-23)30(19-36-38)24-6-5-10-33-16-24)29-14-25(17-34-22(29)3)21(2)37-26-18-35-39(20-26)27-7-11-32-12-8-27/h4-6,9-10,13-20,27,32,37H,2,7-8,11-12H2,1,3H3/b28-4-. The van der Waals surface area contributed by atoms with Crippen molar-refractivity contribution in [2.45, 2.75) is 32.7 Å². The summed E-state index contributed by atoms with van der Waals surface area (Å²) in [5.41, 5.74) is 9.99. The van der Waals surface area contributed by atoms with Crippen LogP contribution in [-0.2, 0) is 0 Å². The number of hydrogen-bond donors (Lipinski definition) is 2.